The third-order valence-electron chi connectivity index (χ3n) is 4.39. The van der Waals surface area contributed by atoms with E-state index in [1.807, 2.05) is 62.4 Å². The van der Waals surface area contributed by atoms with Gasteiger partial charge < -0.3 is 0 Å². The largest absolute Gasteiger partial charge is 0.257 e. The lowest BCUT2D eigenvalue weighted by atomic mass is 10.1. The van der Waals surface area contributed by atoms with Gasteiger partial charge in [0.1, 0.15) is 0 Å². The van der Waals surface area contributed by atoms with Gasteiger partial charge in [0.05, 0.1) is 22.4 Å². The highest BCUT2D eigenvalue weighted by Gasteiger charge is 2.04. The molecule has 0 saturated carbocycles. The summed E-state index contributed by atoms with van der Waals surface area (Å²) in [5.41, 5.74) is 5.85. The lowest BCUT2D eigenvalue weighted by Gasteiger charge is -2.06. The molecule has 0 aliphatic heterocycles. The molecule has 0 aliphatic rings. The van der Waals surface area contributed by atoms with E-state index in [0.717, 1.165) is 44.6 Å². The molecule has 132 valence electrons. The molecule has 2 heterocycles. The molecule has 0 spiro atoms. The van der Waals surface area contributed by atoms with Crippen LogP contribution in [0.25, 0.3) is 21.8 Å². The quantitative estimate of drug-likeness (QED) is 0.419. The molecule has 4 rings (SSSR count). The van der Waals surface area contributed by atoms with Gasteiger partial charge in [0.25, 0.3) is 0 Å². The molecule has 2 aromatic carbocycles. The molecule has 0 radical (unpaired) electrons. The first-order chi connectivity index (χ1) is 13.2. The summed E-state index contributed by atoms with van der Waals surface area (Å²) in [5, 5.41) is 2.13. The van der Waals surface area contributed by atoms with Gasteiger partial charge in [-0.25, -0.2) is 0 Å². The molecule has 0 aliphatic carbocycles. The molecule has 4 aromatic rings. The number of aliphatic imine (C=N–C) groups is 2. The van der Waals surface area contributed by atoms with Crippen molar-refractivity contribution in [2.24, 2.45) is 9.98 Å². The molecule has 0 amide bonds. The van der Waals surface area contributed by atoms with Gasteiger partial charge >= 0.3 is 0 Å². The first-order valence-electron chi connectivity index (χ1n) is 8.96. The van der Waals surface area contributed by atoms with E-state index in [2.05, 4.69) is 22.1 Å². The van der Waals surface area contributed by atoms with Crippen LogP contribution in [0.1, 0.15) is 20.3 Å². The Bertz CT molecular complexity index is 1070. The highest BCUT2D eigenvalue weighted by Crippen LogP contribution is 2.26. The van der Waals surface area contributed by atoms with Crippen molar-refractivity contribution in [3.63, 3.8) is 0 Å². The summed E-state index contributed by atoms with van der Waals surface area (Å²) < 4.78 is 0. The Morgan fingerprint density at radius 3 is 1.59 bits per heavy atom. The molecule has 27 heavy (non-hydrogen) atoms. The van der Waals surface area contributed by atoms with E-state index in [1.54, 1.807) is 12.4 Å². The van der Waals surface area contributed by atoms with Crippen molar-refractivity contribution in [3.05, 3.63) is 73.1 Å². The van der Waals surface area contributed by atoms with Crippen LogP contribution in [0.3, 0.4) is 0 Å². The number of pyridine rings is 2. The first kappa shape index (κ1) is 17.0. The zero-order valence-electron chi connectivity index (χ0n) is 15.4. The second kappa shape index (κ2) is 7.46. The van der Waals surface area contributed by atoms with Crippen molar-refractivity contribution in [3.8, 4) is 0 Å². The van der Waals surface area contributed by atoms with Crippen LogP contribution < -0.4 is 0 Å². The van der Waals surface area contributed by atoms with E-state index in [4.69, 9.17) is 9.98 Å². The monoisotopic (exact) mass is 352 g/mol. The van der Waals surface area contributed by atoms with Gasteiger partial charge in [-0.15, -0.1) is 0 Å². The van der Waals surface area contributed by atoms with Gasteiger partial charge in [-0.05, 0) is 38.1 Å². The molecule has 0 saturated heterocycles. The highest BCUT2D eigenvalue weighted by atomic mass is 14.8. The molecular formula is C23H20N4. The van der Waals surface area contributed by atoms with Crippen molar-refractivity contribution < 1.29 is 0 Å². The third-order valence-corrected chi connectivity index (χ3v) is 4.39. The van der Waals surface area contributed by atoms with E-state index in [0.29, 0.717) is 6.42 Å². The van der Waals surface area contributed by atoms with Crippen molar-refractivity contribution in [1.29, 1.82) is 0 Å². The maximum atomic E-state index is 4.81. The molecular weight excluding hydrogens is 332 g/mol. The average Bonchev–Trinajstić information content (AvgIpc) is 2.68. The number of fused-ring (bicyclic) bond motifs is 2. The van der Waals surface area contributed by atoms with Crippen LogP contribution in [-0.2, 0) is 0 Å². The zero-order chi connectivity index (χ0) is 18.6. The Morgan fingerprint density at radius 2 is 1.11 bits per heavy atom. The minimum atomic E-state index is 0.716. The molecule has 0 N–H and O–H groups in total. The standard InChI is InChI=1S/C23H20N4/c1-16(26-22-11-13-24-20-9-5-3-7-18(20)22)15-17(2)27-23-12-14-25-21-10-6-4-8-19(21)23/h3-14H,15H2,1-2H3/b26-16-,27-17+. The molecule has 0 fully saturated rings. The zero-order valence-corrected chi connectivity index (χ0v) is 15.4. The van der Waals surface area contributed by atoms with Gasteiger partial charge in [0, 0.05) is 41.0 Å². The van der Waals surface area contributed by atoms with Crippen molar-refractivity contribution in [1.82, 2.24) is 9.97 Å². The Kier molecular flexibility index (Phi) is 4.71. The minimum Gasteiger partial charge on any atom is -0.257 e. The Balaban J connectivity index is 1.62. The Labute approximate surface area is 158 Å². The van der Waals surface area contributed by atoms with Crippen LogP contribution in [0.5, 0.6) is 0 Å². The number of nitrogens with zero attached hydrogens (tertiary/aromatic N) is 4. The Morgan fingerprint density at radius 1 is 0.667 bits per heavy atom. The topological polar surface area (TPSA) is 50.5 Å². The third kappa shape index (κ3) is 3.75. The lowest BCUT2D eigenvalue weighted by molar-refractivity contribution is 1.35. The fraction of sp³-hybridized carbons (Fsp3) is 0.130. The summed E-state index contributed by atoms with van der Waals surface area (Å²) in [7, 11) is 0. The molecule has 0 bridgehead atoms. The second-order valence-electron chi connectivity index (χ2n) is 6.57. The summed E-state index contributed by atoms with van der Waals surface area (Å²) >= 11 is 0. The van der Waals surface area contributed by atoms with Crippen LogP contribution in [0.15, 0.2) is 83.0 Å². The average molecular weight is 352 g/mol. The van der Waals surface area contributed by atoms with E-state index < -0.39 is 0 Å². The summed E-state index contributed by atoms with van der Waals surface area (Å²) in [6.07, 6.45) is 4.32. The predicted molar refractivity (Wildman–Crippen MR) is 114 cm³/mol. The maximum absolute atomic E-state index is 4.81. The van der Waals surface area contributed by atoms with Gasteiger partial charge in [-0.1, -0.05) is 36.4 Å². The van der Waals surface area contributed by atoms with Crippen LogP contribution in [-0.4, -0.2) is 21.4 Å². The molecule has 4 heteroatoms. The summed E-state index contributed by atoms with van der Waals surface area (Å²) in [4.78, 5) is 18.4. The van der Waals surface area contributed by atoms with Gasteiger partial charge in [0.2, 0.25) is 0 Å². The molecule has 0 unspecified atom stereocenters. The SMILES string of the molecule is C/C(C/C(C)=N/c1ccnc2ccccc12)=N/c1ccnc2ccccc12. The van der Waals surface area contributed by atoms with E-state index in [-0.39, 0.29) is 0 Å². The number of rotatable bonds is 4. The van der Waals surface area contributed by atoms with Crippen LogP contribution >= 0.6 is 0 Å². The fourth-order valence-electron chi connectivity index (χ4n) is 3.22. The smallest absolute Gasteiger partial charge is 0.0738 e. The fourth-order valence-corrected chi connectivity index (χ4v) is 3.22. The van der Waals surface area contributed by atoms with Crippen LogP contribution in [0.2, 0.25) is 0 Å². The van der Waals surface area contributed by atoms with E-state index in [9.17, 15) is 0 Å². The first-order valence-corrected chi connectivity index (χ1v) is 8.96. The summed E-state index contributed by atoms with van der Waals surface area (Å²) in [6, 6.07) is 20.0. The van der Waals surface area contributed by atoms with Gasteiger partial charge in [-0.3, -0.25) is 20.0 Å². The lowest BCUT2D eigenvalue weighted by Crippen LogP contribution is -2.00. The van der Waals surface area contributed by atoms with E-state index in [1.165, 1.54) is 0 Å². The molecule has 0 atom stereocenters. The number of hydrogen-bond donors (Lipinski definition) is 0. The number of para-hydroxylation sites is 2. The number of aromatic nitrogens is 2. The van der Waals surface area contributed by atoms with Crippen molar-refractivity contribution in [2.45, 2.75) is 20.3 Å². The normalized spacial score (nSPS) is 12.7. The predicted octanol–water partition coefficient (Wildman–Crippen LogP) is 6.06. The molecule has 4 nitrogen and oxygen atoms in total. The number of hydrogen-bond acceptors (Lipinski definition) is 4. The van der Waals surface area contributed by atoms with Gasteiger partial charge in [0.15, 0.2) is 0 Å². The Hall–Kier alpha value is -3.40. The minimum absolute atomic E-state index is 0.716. The maximum Gasteiger partial charge on any atom is 0.0738 e. The van der Waals surface area contributed by atoms with Gasteiger partial charge in [-0.2, -0.15) is 0 Å². The second-order valence-corrected chi connectivity index (χ2v) is 6.57. The highest BCUT2D eigenvalue weighted by molar-refractivity contribution is 6.06. The summed E-state index contributed by atoms with van der Waals surface area (Å²) in [5.74, 6) is 0. The summed E-state index contributed by atoms with van der Waals surface area (Å²) in [6.45, 7) is 4.08. The molecule has 2 aromatic heterocycles. The van der Waals surface area contributed by atoms with Crippen LogP contribution in [0, 0.1) is 0 Å². The van der Waals surface area contributed by atoms with Crippen molar-refractivity contribution >= 4 is 44.6 Å². The van der Waals surface area contributed by atoms with Crippen molar-refractivity contribution in [2.75, 3.05) is 0 Å². The van der Waals surface area contributed by atoms with E-state index >= 15 is 0 Å². The number of benzene rings is 2. The van der Waals surface area contributed by atoms with Crippen LogP contribution in [0.4, 0.5) is 11.4 Å².